The molecule has 168 valence electrons. The highest BCUT2D eigenvalue weighted by Crippen LogP contribution is 2.21. The zero-order valence-electron chi connectivity index (χ0n) is 17.3. The lowest BCUT2D eigenvalue weighted by Gasteiger charge is -2.24. The van der Waals surface area contributed by atoms with Crippen LogP contribution in [0.4, 0.5) is 10.1 Å². The van der Waals surface area contributed by atoms with E-state index < -0.39 is 16.8 Å². The van der Waals surface area contributed by atoms with E-state index in [-0.39, 0.29) is 23.4 Å². The van der Waals surface area contributed by atoms with Crippen LogP contribution in [0.5, 0.6) is 0 Å². The van der Waals surface area contributed by atoms with E-state index >= 15 is 0 Å². The molecule has 0 spiro atoms. The predicted molar refractivity (Wildman–Crippen MR) is 114 cm³/mol. The maximum absolute atomic E-state index is 12.9. The van der Waals surface area contributed by atoms with E-state index in [2.05, 4.69) is 10.6 Å². The molecule has 3 amide bonds. The first kappa shape index (κ1) is 22.9. The molecule has 2 N–H and O–H groups in total. The van der Waals surface area contributed by atoms with Crippen molar-refractivity contribution in [2.24, 2.45) is 0 Å². The number of carbonyl (C=O) groups excluding carboxylic acids is 3. The van der Waals surface area contributed by atoms with E-state index in [0.29, 0.717) is 50.0 Å². The van der Waals surface area contributed by atoms with Gasteiger partial charge in [0.25, 0.3) is 17.5 Å². The summed E-state index contributed by atoms with van der Waals surface area (Å²) in [6.07, 6.45) is 1.71. The van der Waals surface area contributed by atoms with Gasteiger partial charge in [0.2, 0.25) is 5.91 Å². The lowest BCUT2D eigenvalue weighted by molar-refractivity contribution is -0.384. The van der Waals surface area contributed by atoms with E-state index in [1.165, 1.54) is 53.4 Å². The summed E-state index contributed by atoms with van der Waals surface area (Å²) < 4.78 is 12.9. The van der Waals surface area contributed by atoms with Crippen molar-refractivity contribution in [3.8, 4) is 0 Å². The lowest BCUT2D eigenvalue weighted by atomic mass is 10.1. The number of hydrogen-bond donors (Lipinski definition) is 2. The Bertz CT molecular complexity index is 994. The van der Waals surface area contributed by atoms with Crippen molar-refractivity contribution >= 4 is 23.4 Å². The number of nitrogens with zero attached hydrogens (tertiary/aromatic N) is 2. The average molecular weight is 442 g/mol. The minimum absolute atomic E-state index is 0.108. The van der Waals surface area contributed by atoms with Crippen LogP contribution in [0, 0.1) is 15.9 Å². The molecular weight excluding hydrogens is 419 g/mol. The monoisotopic (exact) mass is 442 g/mol. The molecule has 1 fully saturated rings. The van der Waals surface area contributed by atoms with Gasteiger partial charge in [-0.25, -0.2) is 4.39 Å². The topological polar surface area (TPSA) is 122 Å². The number of likely N-dealkylation sites (tertiary alicyclic amines) is 1. The van der Waals surface area contributed by atoms with Gasteiger partial charge < -0.3 is 15.5 Å². The predicted octanol–water partition coefficient (Wildman–Crippen LogP) is 2.27. The second-order valence-electron chi connectivity index (χ2n) is 7.37. The van der Waals surface area contributed by atoms with Gasteiger partial charge in [0.1, 0.15) is 11.9 Å². The Labute approximate surface area is 183 Å². The molecule has 2 aromatic carbocycles. The Kier molecular flexibility index (Phi) is 7.48. The highest BCUT2D eigenvalue weighted by atomic mass is 19.1. The van der Waals surface area contributed by atoms with Gasteiger partial charge in [0.05, 0.1) is 4.92 Å². The Morgan fingerprint density at radius 3 is 2.28 bits per heavy atom. The third-order valence-electron chi connectivity index (χ3n) is 5.19. The van der Waals surface area contributed by atoms with E-state index in [1.54, 1.807) is 0 Å². The smallest absolute Gasteiger partial charge is 0.269 e. The Morgan fingerprint density at radius 1 is 1.00 bits per heavy atom. The van der Waals surface area contributed by atoms with Gasteiger partial charge in [-0.1, -0.05) is 0 Å². The van der Waals surface area contributed by atoms with E-state index in [4.69, 9.17) is 0 Å². The molecule has 0 aliphatic carbocycles. The maximum atomic E-state index is 12.9. The zero-order valence-corrected chi connectivity index (χ0v) is 17.3. The zero-order chi connectivity index (χ0) is 23.1. The van der Waals surface area contributed by atoms with Gasteiger partial charge in [-0.05, 0) is 55.7 Å². The van der Waals surface area contributed by atoms with Crippen molar-refractivity contribution in [3.63, 3.8) is 0 Å². The summed E-state index contributed by atoms with van der Waals surface area (Å²) in [7, 11) is 0. The van der Waals surface area contributed by atoms with Crippen molar-refractivity contribution in [1.29, 1.82) is 0 Å². The van der Waals surface area contributed by atoms with Gasteiger partial charge in [-0.3, -0.25) is 24.5 Å². The second kappa shape index (κ2) is 10.5. The molecule has 2 aromatic rings. The van der Waals surface area contributed by atoms with Crippen LogP contribution in [-0.2, 0) is 4.79 Å². The van der Waals surface area contributed by atoms with Crippen molar-refractivity contribution in [3.05, 3.63) is 75.6 Å². The first-order valence-electron chi connectivity index (χ1n) is 10.2. The molecule has 10 heteroatoms. The number of nitro benzene ring substituents is 1. The van der Waals surface area contributed by atoms with Gasteiger partial charge in [0.15, 0.2) is 0 Å². The van der Waals surface area contributed by atoms with E-state index in [0.717, 1.165) is 0 Å². The molecule has 1 saturated heterocycles. The van der Waals surface area contributed by atoms with Crippen LogP contribution < -0.4 is 10.6 Å². The molecule has 1 aliphatic heterocycles. The Hall–Kier alpha value is -3.82. The standard InChI is InChI=1S/C22H23FN4O5/c23-17-8-4-15(5-9-17)20(28)24-12-2-13-25-21(29)19-3-1-14-26(19)22(30)16-6-10-18(11-7-16)27(31)32/h4-11,19H,1-3,12-14H2,(H,24,28)(H,25,29)/t19-/m0/s1. The molecule has 0 bridgehead atoms. The molecule has 3 rings (SSSR count). The molecule has 0 radical (unpaired) electrons. The van der Waals surface area contributed by atoms with Crippen LogP contribution in [0.25, 0.3) is 0 Å². The van der Waals surface area contributed by atoms with Gasteiger partial charge in [0, 0.05) is 42.9 Å². The number of rotatable bonds is 8. The number of halogens is 1. The minimum Gasteiger partial charge on any atom is -0.354 e. The van der Waals surface area contributed by atoms with Crippen molar-refractivity contribution in [2.45, 2.75) is 25.3 Å². The minimum atomic E-state index is -0.605. The van der Waals surface area contributed by atoms with Crippen LogP contribution in [0.1, 0.15) is 40.0 Å². The lowest BCUT2D eigenvalue weighted by Crippen LogP contribution is -2.46. The summed E-state index contributed by atoms with van der Waals surface area (Å²) in [5.41, 5.74) is 0.532. The number of amides is 3. The number of nitro groups is 1. The molecule has 0 unspecified atom stereocenters. The normalized spacial score (nSPS) is 15.3. The van der Waals surface area contributed by atoms with Crippen LogP contribution >= 0.6 is 0 Å². The van der Waals surface area contributed by atoms with Crippen molar-refractivity contribution < 1.29 is 23.7 Å². The molecule has 1 atom stereocenters. The molecule has 0 aromatic heterocycles. The van der Waals surface area contributed by atoms with Crippen LogP contribution in [0.2, 0.25) is 0 Å². The quantitative estimate of drug-likeness (QED) is 0.369. The first-order chi connectivity index (χ1) is 15.4. The molecule has 9 nitrogen and oxygen atoms in total. The summed E-state index contributed by atoms with van der Waals surface area (Å²) in [5.74, 6) is -1.36. The number of carbonyl (C=O) groups is 3. The SMILES string of the molecule is O=C(NCCCNC(=O)[C@@H]1CCCN1C(=O)c1ccc([N+](=O)[O-])cc1)c1ccc(F)cc1. The fraction of sp³-hybridized carbons (Fsp3) is 0.318. The fourth-order valence-corrected chi connectivity index (χ4v) is 3.50. The number of nitrogens with one attached hydrogen (secondary N) is 2. The summed E-state index contributed by atoms with van der Waals surface area (Å²) in [6.45, 7) is 1.08. The van der Waals surface area contributed by atoms with E-state index in [9.17, 15) is 28.9 Å². The number of benzene rings is 2. The molecule has 1 heterocycles. The Morgan fingerprint density at radius 2 is 1.62 bits per heavy atom. The summed E-state index contributed by atoms with van der Waals surface area (Å²) in [4.78, 5) is 49.0. The molecular formula is C22H23FN4O5. The fourth-order valence-electron chi connectivity index (χ4n) is 3.50. The van der Waals surface area contributed by atoms with Crippen LogP contribution in [0.15, 0.2) is 48.5 Å². The summed E-state index contributed by atoms with van der Waals surface area (Å²) in [6, 6.07) is 9.89. The van der Waals surface area contributed by atoms with Crippen molar-refractivity contribution in [2.75, 3.05) is 19.6 Å². The van der Waals surface area contributed by atoms with Crippen LogP contribution in [-0.4, -0.2) is 53.2 Å². The number of hydrogen-bond acceptors (Lipinski definition) is 5. The summed E-state index contributed by atoms with van der Waals surface area (Å²) in [5, 5.41) is 16.2. The molecule has 1 aliphatic rings. The summed E-state index contributed by atoms with van der Waals surface area (Å²) >= 11 is 0. The molecule has 0 saturated carbocycles. The van der Waals surface area contributed by atoms with Gasteiger partial charge in [-0.2, -0.15) is 0 Å². The molecule has 32 heavy (non-hydrogen) atoms. The van der Waals surface area contributed by atoms with Crippen molar-refractivity contribution in [1.82, 2.24) is 15.5 Å². The second-order valence-corrected chi connectivity index (χ2v) is 7.37. The first-order valence-corrected chi connectivity index (χ1v) is 10.2. The maximum Gasteiger partial charge on any atom is 0.269 e. The Balaban J connectivity index is 1.45. The third kappa shape index (κ3) is 5.65. The van der Waals surface area contributed by atoms with Gasteiger partial charge in [-0.15, -0.1) is 0 Å². The van der Waals surface area contributed by atoms with E-state index in [1.807, 2.05) is 0 Å². The largest absolute Gasteiger partial charge is 0.354 e. The highest BCUT2D eigenvalue weighted by molar-refractivity contribution is 5.98. The average Bonchev–Trinajstić information content (AvgIpc) is 3.28. The van der Waals surface area contributed by atoms with Crippen LogP contribution in [0.3, 0.4) is 0 Å². The van der Waals surface area contributed by atoms with Gasteiger partial charge >= 0.3 is 0 Å². The highest BCUT2D eigenvalue weighted by Gasteiger charge is 2.34. The third-order valence-corrected chi connectivity index (χ3v) is 5.19. The number of non-ortho nitro benzene ring substituents is 1.